The first-order chi connectivity index (χ1) is 12.4. The first kappa shape index (κ1) is 17.2. The molecule has 0 radical (unpaired) electrons. The van der Waals surface area contributed by atoms with E-state index in [1.807, 2.05) is 0 Å². The van der Waals surface area contributed by atoms with Crippen LogP contribution in [0.2, 0.25) is 0 Å². The highest BCUT2D eigenvalue weighted by Crippen LogP contribution is 2.44. The molecule has 6 nitrogen and oxygen atoms in total. The van der Waals surface area contributed by atoms with Crippen molar-refractivity contribution in [1.29, 1.82) is 0 Å². The third-order valence-corrected chi connectivity index (χ3v) is 5.72. The van der Waals surface area contributed by atoms with E-state index < -0.39 is 29.0 Å². The molecule has 4 rings (SSSR count). The van der Waals surface area contributed by atoms with E-state index in [2.05, 4.69) is 5.32 Å². The Morgan fingerprint density at radius 2 is 1.85 bits per heavy atom. The van der Waals surface area contributed by atoms with E-state index in [9.17, 15) is 18.4 Å². The molecule has 3 amide bonds. The van der Waals surface area contributed by atoms with Gasteiger partial charge in [-0.1, -0.05) is 6.07 Å². The summed E-state index contributed by atoms with van der Waals surface area (Å²) in [4.78, 5) is 27.8. The number of likely N-dealkylation sites (N-methyl/N-ethyl adjacent to an activating group) is 1. The second kappa shape index (κ2) is 6.19. The molecular formula is C18H21F2N3O3. The topological polar surface area (TPSA) is 61.9 Å². The predicted molar refractivity (Wildman–Crippen MR) is 89.6 cm³/mol. The maximum absolute atomic E-state index is 13.8. The SMILES string of the molecule is CN1CC2(CC3CCC(C2)N3C(=O)Nc2c(F)cccc2F)OCC1=O. The van der Waals surface area contributed by atoms with Gasteiger partial charge in [0.15, 0.2) is 0 Å². The van der Waals surface area contributed by atoms with Crippen molar-refractivity contribution in [2.75, 3.05) is 25.5 Å². The Labute approximate surface area is 150 Å². The van der Waals surface area contributed by atoms with Gasteiger partial charge in [-0.3, -0.25) is 4.79 Å². The molecule has 3 fully saturated rings. The number of anilines is 1. The molecule has 140 valence electrons. The molecule has 3 heterocycles. The number of carbonyl (C=O) groups is 2. The van der Waals surface area contributed by atoms with Crippen molar-refractivity contribution < 1.29 is 23.1 Å². The van der Waals surface area contributed by atoms with Gasteiger partial charge in [-0.2, -0.15) is 0 Å². The lowest BCUT2D eigenvalue weighted by molar-refractivity contribution is -0.171. The highest BCUT2D eigenvalue weighted by Gasteiger charge is 2.53. The molecule has 3 saturated heterocycles. The molecule has 0 aliphatic carbocycles. The number of carbonyl (C=O) groups excluding carboxylic acids is 2. The molecular weight excluding hydrogens is 344 g/mol. The summed E-state index contributed by atoms with van der Waals surface area (Å²) in [5.74, 6) is -1.64. The number of nitrogens with zero attached hydrogens (tertiary/aromatic N) is 2. The maximum atomic E-state index is 13.8. The standard InChI is InChI=1S/C18H21F2N3O3/c1-22-10-18(26-9-15(22)24)7-11-5-6-12(8-18)23(11)17(25)21-16-13(19)3-2-4-14(16)20/h2-4,11-12H,5-10H2,1H3,(H,21,25). The van der Waals surface area contributed by atoms with E-state index in [0.717, 1.165) is 25.0 Å². The highest BCUT2D eigenvalue weighted by molar-refractivity contribution is 5.90. The average molecular weight is 365 g/mol. The number of urea groups is 1. The molecule has 2 unspecified atom stereocenters. The number of amides is 3. The van der Waals surface area contributed by atoms with Gasteiger partial charge in [-0.05, 0) is 37.8 Å². The number of nitrogens with one attached hydrogen (secondary N) is 1. The molecule has 26 heavy (non-hydrogen) atoms. The van der Waals surface area contributed by atoms with Crippen LogP contribution >= 0.6 is 0 Å². The zero-order valence-electron chi connectivity index (χ0n) is 14.5. The summed E-state index contributed by atoms with van der Waals surface area (Å²) in [7, 11) is 1.76. The minimum Gasteiger partial charge on any atom is -0.363 e. The predicted octanol–water partition coefficient (Wildman–Crippen LogP) is 2.35. The number of para-hydroxylation sites is 1. The van der Waals surface area contributed by atoms with Crippen molar-refractivity contribution in [3.8, 4) is 0 Å². The molecule has 1 N–H and O–H groups in total. The molecule has 3 aliphatic heterocycles. The fraction of sp³-hybridized carbons (Fsp3) is 0.556. The molecule has 0 saturated carbocycles. The lowest BCUT2D eigenvalue weighted by atomic mass is 9.84. The minimum absolute atomic E-state index is 0.0434. The van der Waals surface area contributed by atoms with E-state index >= 15 is 0 Å². The van der Waals surface area contributed by atoms with Crippen molar-refractivity contribution in [1.82, 2.24) is 9.80 Å². The summed E-state index contributed by atoms with van der Waals surface area (Å²) in [6.45, 7) is 0.568. The number of piperidine rings is 1. The van der Waals surface area contributed by atoms with Gasteiger partial charge in [0.05, 0.1) is 5.60 Å². The van der Waals surface area contributed by atoms with Crippen LogP contribution in [0.15, 0.2) is 18.2 Å². The summed E-state index contributed by atoms with van der Waals surface area (Å²) >= 11 is 0. The Balaban J connectivity index is 1.50. The van der Waals surface area contributed by atoms with Crippen LogP contribution < -0.4 is 5.32 Å². The van der Waals surface area contributed by atoms with Crippen molar-refractivity contribution in [3.05, 3.63) is 29.8 Å². The van der Waals surface area contributed by atoms with Crippen LogP contribution in [0.5, 0.6) is 0 Å². The number of morpholine rings is 1. The summed E-state index contributed by atoms with van der Waals surface area (Å²) in [6.07, 6.45) is 2.88. The van der Waals surface area contributed by atoms with Gasteiger partial charge in [-0.15, -0.1) is 0 Å². The largest absolute Gasteiger partial charge is 0.363 e. The minimum atomic E-state index is -0.796. The second-order valence-electron chi connectivity index (χ2n) is 7.45. The smallest absolute Gasteiger partial charge is 0.322 e. The zero-order chi connectivity index (χ0) is 18.5. The molecule has 0 aromatic heterocycles. The fourth-order valence-corrected chi connectivity index (χ4v) is 4.56. The molecule has 1 aromatic rings. The molecule has 1 aromatic carbocycles. The molecule has 2 bridgehead atoms. The normalized spacial score (nSPS) is 30.8. The molecule has 1 spiro atoms. The van der Waals surface area contributed by atoms with Crippen molar-refractivity contribution in [3.63, 3.8) is 0 Å². The van der Waals surface area contributed by atoms with Crippen molar-refractivity contribution >= 4 is 17.6 Å². The van der Waals surface area contributed by atoms with Gasteiger partial charge in [0.25, 0.3) is 0 Å². The van der Waals surface area contributed by atoms with Crippen LogP contribution in [-0.4, -0.2) is 59.6 Å². The highest BCUT2D eigenvalue weighted by atomic mass is 19.1. The number of fused-ring (bicyclic) bond motifs is 2. The first-order valence-corrected chi connectivity index (χ1v) is 8.80. The van der Waals surface area contributed by atoms with Gasteiger partial charge in [0, 0.05) is 25.7 Å². The Morgan fingerprint density at radius 1 is 1.23 bits per heavy atom. The van der Waals surface area contributed by atoms with Crippen molar-refractivity contribution in [2.45, 2.75) is 43.4 Å². The number of hydrogen-bond donors (Lipinski definition) is 1. The number of hydrogen-bond acceptors (Lipinski definition) is 3. The maximum Gasteiger partial charge on any atom is 0.322 e. The van der Waals surface area contributed by atoms with Crippen LogP contribution in [0.25, 0.3) is 0 Å². The van der Waals surface area contributed by atoms with Gasteiger partial charge < -0.3 is 19.9 Å². The van der Waals surface area contributed by atoms with Crippen LogP contribution in [0.3, 0.4) is 0 Å². The third kappa shape index (κ3) is 2.82. The van der Waals surface area contributed by atoms with Gasteiger partial charge >= 0.3 is 6.03 Å². The molecule has 2 atom stereocenters. The Hall–Kier alpha value is -2.22. The van der Waals surface area contributed by atoms with E-state index in [4.69, 9.17) is 4.74 Å². The summed E-state index contributed by atoms with van der Waals surface area (Å²) < 4.78 is 33.5. The van der Waals surface area contributed by atoms with Crippen LogP contribution in [0, 0.1) is 11.6 Å². The van der Waals surface area contributed by atoms with Gasteiger partial charge in [0.1, 0.15) is 23.9 Å². The summed E-state index contributed by atoms with van der Waals surface area (Å²) in [6, 6.07) is 2.86. The second-order valence-corrected chi connectivity index (χ2v) is 7.45. The van der Waals surface area contributed by atoms with Crippen LogP contribution in [-0.2, 0) is 9.53 Å². The Bertz CT molecular complexity index is 723. The monoisotopic (exact) mass is 365 g/mol. The van der Waals surface area contributed by atoms with E-state index in [0.29, 0.717) is 19.4 Å². The van der Waals surface area contributed by atoms with Crippen LogP contribution in [0.4, 0.5) is 19.3 Å². The Kier molecular flexibility index (Phi) is 4.10. The lowest BCUT2D eigenvalue weighted by Crippen LogP contribution is -2.61. The van der Waals surface area contributed by atoms with Crippen LogP contribution in [0.1, 0.15) is 25.7 Å². The number of benzene rings is 1. The molecule has 3 aliphatic rings. The first-order valence-electron chi connectivity index (χ1n) is 8.80. The number of rotatable bonds is 1. The average Bonchev–Trinajstić information content (AvgIpc) is 2.87. The number of halogens is 2. The third-order valence-electron chi connectivity index (χ3n) is 5.72. The van der Waals surface area contributed by atoms with E-state index in [-0.39, 0.29) is 24.6 Å². The summed E-state index contributed by atoms with van der Waals surface area (Å²) in [5, 5.41) is 2.39. The Morgan fingerprint density at radius 3 is 2.42 bits per heavy atom. The fourth-order valence-electron chi connectivity index (χ4n) is 4.56. The van der Waals surface area contributed by atoms with E-state index in [1.165, 1.54) is 6.07 Å². The summed E-state index contributed by atoms with van der Waals surface area (Å²) in [5.41, 5.74) is -0.856. The molecule has 8 heteroatoms. The lowest BCUT2D eigenvalue weighted by Gasteiger charge is -2.49. The van der Waals surface area contributed by atoms with Gasteiger partial charge in [0.2, 0.25) is 5.91 Å². The van der Waals surface area contributed by atoms with Crippen molar-refractivity contribution in [2.24, 2.45) is 0 Å². The van der Waals surface area contributed by atoms with E-state index in [1.54, 1.807) is 16.8 Å². The zero-order valence-corrected chi connectivity index (χ0v) is 14.5. The quantitative estimate of drug-likeness (QED) is 0.831. The van der Waals surface area contributed by atoms with Gasteiger partial charge in [-0.25, -0.2) is 13.6 Å². The number of ether oxygens (including phenoxy) is 1.